The van der Waals surface area contributed by atoms with Gasteiger partial charge in [0.25, 0.3) is 0 Å². The maximum absolute atomic E-state index is 11.0. The molecule has 0 aromatic rings. The molecule has 0 aliphatic carbocycles. The molecular weight excluding hydrogens is 222 g/mol. The van der Waals surface area contributed by atoms with E-state index in [1.54, 1.807) is 13.8 Å². The summed E-state index contributed by atoms with van der Waals surface area (Å²) in [6.45, 7) is 4.98. The van der Waals surface area contributed by atoms with Gasteiger partial charge in [0.2, 0.25) is 0 Å². The third kappa shape index (κ3) is 2.72. The first kappa shape index (κ1) is 10.0. The molecule has 0 N–H and O–H groups in total. The summed E-state index contributed by atoms with van der Waals surface area (Å²) in [5.74, 6) is -0.208. The third-order valence-electron chi connectivity index (χ3n) is 1.13. The predicted molar refractivity (Wildman–Crippen MR) is 34.3 cm³/mol. The minimum atomic E-state index is -0.567. The molecular formula is C7H11O2Pd. The molecule has 0 amide bonds. The van der Waals surface area contributed by atoms with Crippen LogP contribution in [0.1, 0.15) is 20.8 Å². The fourth-order valence-electron chi connectivity index (χ4n) is 0.472. The predicted octanol–water partition coefficient (Wildman–Crippen LogP) is 1.14. The van der Waals surface area contributed by atoms with Crippen molar-refractivity contribution in [2.24, 2.45) is 5.92 Å². The van der Waals surface area contributed by atoms with Crippen molar-refractivity contribution in [3.8, 4) is 0 Å². The Morgan fingerprint density at radius 3 is 1.80 bits per heavy atom. The van der Waals surface area contributed by atoms with Crippen molar-refractivity contribution >= 4 is 11.6 Å². The van der Waals surface area contributed by atoms with Gasteiger partial charge in [0, 0.05) is 0 Å². The van der Waals surface area contributed by atoms with Gasteiger partial charge in [0.1, 0.15) is 0 Å². The van der Waals surface area contributed by atoms with Crippen LogP contribution >= 0.6 is 0 Å². The van der Waals surface area contributed by atoms with Gasteiger partial charge in [-0.1, -0.05) is 0 Å². The standard InChI is InChI=1S/C7H11O2.Pd/c1-5(2)7(9)4-6(3)8;/h4-5H,1-3H3;. The van der Waals surface area contributed by atoms with E-state index in [1.165, 1.54) is 6.92 Å². The van der Waals surface area contributed by atoms with Crippen LogP contribution in [-0.4, -0.2) is 11.6 Å². The maximum atomic E-state index is 11.0. The Morgan fingerprint density at radius 1 is 1.30 bits per heavy atom. The Bertz CT molecular complexity index is 152. The van der Waals surface area contributed by atoms with Gasteiger partial charge in [-0.3, -0.25) is 0 Å². The summed E-state index contributed by atoms with van der Waals surface area (Å²) >= 11 is 2.74. The number of Topliss-reactive ketones (excluding diaryl/α,β-unsaturated/α-hetero) is 2. The van der Waals surface area contributed by atoms with Crippen molar-refractivity contribution in [2.45, 2.75) is 25.2 Å². The van der Waals surface area contributed by atoms with Gasteiger partial charge in [-0.25, -0.2) is 0 Å². The van der Waals surface area contributed by atoms with Crippen LogP contribution < -0.4 is 0 Å². The average Bonchev–Trinajstić information content (AvgIpc) is 1.84. The van der Waals surface area contributed by atoms with Crippen molar-refractivity contribution in [1.29, 1.82) is 0 Å². The van der Waals surface area contributed by atoms with Crippen LogP contribution in [0.2, 0.25) is 4.39 Å². The number of ketones is 2. The first-order valence-corrected chi connectivity index (χ1v) is 4.01. The third-order valence-corrected chi connectivity index (χ3v) is 2.21. The van der Waals surface area contributed by atoms with Gasteiger partial charge in [0.15, 0.2) is 0 Å². The number of carbonyl (C=O) groups excluding carboxylic acids is 2. The quantitative estimate of drug-likeness (QED) is 0.541. The summed E-state index contributed by atoms with van der Waals surface area (Å²) in [6, 6.07) is 0. The SMILES string of the molecule is CC(=O)[CH]([Pd])C(=O)C(C)C. The number of carbonyl (C=O) groups is 2. The van der Waals surface area contributed by atoms with Gasteiger partial charge in [-0.2, -0.15) is 0 Å². The van der Waals surface area contributed by atoms with Gasteiger partial charge in [-0.05, 0) is 0 Å². The molecule has 1 atom stereocenters. The summed E-state index contributed by atoms with van der Waals surface area (Å²) in [5.41, 5.74) is 0. The molecule has 0 rings (SSSR count). The number of hydrogen-bond donors (Lipinski definition) is 0. The molecule has 3 heteroatoms. The zero-order chi connectivity index (χ0) is 8.31. The van der Waals surface area contributed by atoms with Crippen molar-refractivity contribution in [3.63, 3.8) is 0 Å². The van der Waals surface area contributed by atoms with Crippen molar-refractivity contribution in [2.75, 3.05) is 0 Å². The summed E-state index contributed by atoms with van der Waals surface area (Å²) in [7, 11) is 0. The van der Waals surface area contributed by atoms with E-state index in [2.05, 4.69) is 19.2 Å². The molecule has 2 nitrogen and oxygen atoms in total. The Balaban J connectivity index is 4.08. The van der Waals surface area contributed by atoms with E-state index < -0.39 is 4.39 Å². The topological polar surface area (TPSA) is 34.1 Å². The van der Waals surface area contributed by atoms with Crippen LogP contribution in [0, 0.1) is 5.92 Å². The first-order chi connectivity index (χ1) is 4.46. The summed E-state index contributed by atoms with van der Waals surface area (Å²) in [6.07, 6.45) is 0. The molecule has 0 spiro atoms. The van der Waals surface area contributed by atoms with Crippen LogP contribution in [0.15, 0.2) is 0 Å². The molecule has 0 heterocycles. The van der Waals surface area contributed by atoms with E-state index in [9.17, 15) is 9.59 Å². The van der Waals surface area contributed by atoms with Crippen LogP contribution in [-0.2, 0) is 28.8 Å². The molecule has 10 heavy (non-hydrogen) atoms. The molecule has 0 fully saturated rings. The summed E-state index contributed by atoms with van der Waals surface area (Å²) in [5, 5.41) is 0. The Morgan fingerprint density at radius 2 is 1.70 bits per heavy atom. The van der Waals surface area contributed by atoms with Crippen LogP contribution in [0.5, 0.6) is 0 Å². The number of rotatable bonds is 3. The zero-order valence-corrected chi connectivity index (χ0v) is 7.84. The first-order valence-electron chi connectivity index (χ1n) is 3.11. The molecule has 0 saturated heterocycles. The van der Waals surface area contributed by atoms with E-state index in [4.69, 9.17) is 0 Å². The van der Waals surface area contributed by atoms with E-state index >= 15 is 0 Å². The average molecular weight is 234 g/mol. The molecule has 0 aliphatic rings. The van der Waals surface area contributed by atoms with E-state index in [1.807, 2.05) is 0 Å². The molecule has 0 aromatic carbocycles. The second-order valence-electron chi connectivity index (χ2n) is 2.49. The van der Waals surface area contributed by atoms with Gasteiger partial charge in [-0.15, -0.1) is 0 Å². The van der Waals surface area contributed by atoms with E-state index in [0.29, 0.717) is 0 Å². The molecule has 0 bridgehead atoms. The second kappa shape index (κ2) is 4.00. The zero-order valence-electron chi connectivity index (χ0n) is 6.29. The van der Waals surface area contributed by atoms with Crippen LogP contribution in [0.4, 0.5) is 0 Å². The van der Waals surface area contributed by atoms with Crippen molar-refractivity contribution in [1.82, 2.24) is 0 Å². The molecule has 0 aromatic heterocycles. The minimum absolute atomic E-state index is 0.0319. The van der Waals surface area contributed by atoms with Crippen LogP contribution in [0.3, 0.4) is 0 Å². The van der Waals surface area contributed by atoms with Crippen molar-refractivity contribution in [3.05, 3.63) is 0 Å². The summed E-state index contributed by atoms with van der Waals surface area (Å²) < 4.78 is -0.567. The molecule has 0 aliphatic heterocycles. The fourth-order valence-corrected chi connectivity index (χ4v) is 0.991. The summed E-state index contributed by atoms with van der Waals surface area (Å²) in [4.78, 5) is 21.7. The Kier molecular flexibility index (Phi) is 4.00. The van der Waals surface area contributed by atoms with E-state index in [0.717, 1.165) is 0 Å². The van der Waals surface area contributed by atoms with E-state index in [-0.39, 0.29) is 17.5 Å². The van der Waals surface area contributed by atoms with Crippen molar-refractivity contribution < 1.29 is 28.8 Å². The second-order valence-corrected chi connectivity index (χ2v) is 3.39. The monoisotopic (exact) mass is 233 g/mol. The van der Waals surface area contributed by atoms with Gasteiger partial charge >= 0.3 is 71.4 Å². The molecule has 0 radical (unpaired) electrons. The molecule has 1 unspecified atom stereocenters. The fraction of sp³-hybridized carbons (Fsp3) is 0.714. The Labute approximate surface area is 71.8 Å². The normalized spacial score (nSPS) is 13.4. The Hall–Kier alpha value is 0.00234. The molecule has 0 saturated carbocycles. The van der Waals surface area contributed by atoms with Gasteiger partial charge < -0.3 is 0 Å². The van der Waals surface area contributed by atoms with Crippen LogP contribution in [0.25, 0.3) is 0 Å². The number of hydrogen-bond acceptors (Lipinski definition) is 2. The van der Waals surface area contributed by atoms with Gasteiger partial charge in [0.05, 0.1) is 0 Å². The molecule has 61 valence electrons.